The number of carbonyl (C=O) groups is 2. The molecular weight excluding hydrogens is 429 g/mol. The van der Waals surface area contributed by atoms with Crippen LogP contribution in [0.2, 0.25) is 0 Å². The lowest BCUT2D eigenvalue weighted by molar-refractivity contribution is -0.119. The number of esters is 1. The average molecular weight is 446 g/mol. The number of ether oxygens (including phenoxy) is 1. The minimum Gasteiger partial charge on any atom is -0.452 e. The van der Waals surface area contributed by atoms with Crippen molar-refractivity contribution in [2.75, 3.05) is 11.9 Å². The summed E-state index contributed by atoms with van der Waals surface area (Å²) < 4.78 is 21.1. The minimum atomic E-state index is -0.663. The zero-order valence-corrected chi connectivity index (χ0v) is 16.8. The number of rotatable bonds is 5. The van der Waals surface area contributed by atoms with E-state index in [9.17, 15) is 14.0 Å². The Kier molecular flexibility index (Phi) is 5.89. The van der Waals surface area contributed by atoms with E-state index in [2.05, 4.69) is 26.3 Å². The molecule has 8 heteroatoms. The van der Waals surface area contributed by atoms with Crippen LogP contribution in [0.15, 0.2) is 53.0 Å². The maximum Gasteiger partial charge on any atom is 0.342 e. The molecule has 28 heavy (non-hydrogen) atoms. The molecule has 6 nitrogen and oxygen atoms in total. The predicted molar refractivity (Wildman–Crippen MR) is 106 cm³/mol. The number of para-hydroxylation sites is 1. The molecule has 144 valence electrons. The lowest BCUT2D eigenvalue weighted by atomic mass is 10.2. The number of anilines is 1. The van der Waals surface area contributed by atoms with Crippen molar-refractivity contribution in [3.8, 4) is 5.69 Å². The van der Waals surface area contributed by atoms with Crippen molar-refractivity contribution in [2.45, 2.75) is 13.8 Å². The lowest BCUT2D eigenvalue weighted by Crippen LogP contribution is -2.22. The van der Waals surface area contributed by atoms with E-state index in [1.54, 1.807) is 24.6 Å². The van der Waals surface area contributed by atoms with E-state index in [-0.39, 0.29) is 5.69 Å². The largest absolute Gasteiger partial charge is 0.452 e. The Morgan fingerprint density at radius 1 is 1.18 bits per heavy atom. The van der Waals surface area contributed by atoms with E-state index in [1.165, 1.54) is 12.1 Å². The number of halogens is 2. The fourth-order valence-electron chi connectivity index (χ4n) is 2.74. The van der Waals surface area contributed by atoms with E-state index in [1.807, 2.05) is 30.3 Å². The number of aryl methyl sites for hydroxylation is 1. The van der Waals surface area contributed by atoms with Gasteiger partial charge in [0.1, 0.15) is 11.4 Å². The van der Waals surface area contributed by atoms with Crippen LogP contribution in [0.3, 0.4) is 0 Å². The van der Waals surface area contributed by atoms with Gasteiger partial charge in [0.25, 0.3) is 5.91 Å². The molecule has 0 atom stereocenters. The molecule has 3 aromatic rings. The van der Waals surface area contributed by atoms with Gasteiger partial charge in [0.05, 0.1) is 22.8 Å². The maximum atomic E-state index is 13.8. The normalized spacial score (nSPS) is 10.6. The van der Waals surface area contributed by atoms with Gasteiger partial charge in [-0.05, 0) is 44.2 Å². The van der Waals surface area contributed by atoms with Gasteiger partial charge in [-0.2, -0.15) is 5.10 Å². The van der Waals surface area contributed by atoms with Crippen LogP contribution in [0.1, 0.15) is 21.7 Å². The molecule has 0 saturated heterocycles. The van der Waals surface area contributed by atoms with Crippen molar-refractivity contribution in [2.24, 2.45) is 0 Å². The van der Waals surface area contributed by atoms with Crippen LogP contribution in [0.4, 0.5) is 10.1 Å². The van der Waals surface area contributed by atoms with E-state index >= 15 is 0 Å². The van der Waals surface area contributed by atoms with Gasteiger partial charge in [-0.3, -0.25) is 4.79 Å². The number of hydrogen-bond donors (Lipinski definition) is 1. The standard InChI is InChI=1S/C20H17BrFN3O3/c1-12-19(13(2)25(24-12)15-6-4-3-5-7-15)20(27)28-11-18(26)23-17-9-8-14(21)10-16(17)22/h3-10H,11H2,1-2H3,(H,23,26). The number of hydrogen-bond acceptors (Lipinski definition) is 4. The molecule has 1 amide bonds. The number of benzene rings is 2. The summed E-state index contributed by atoms with van der Waals surface area (Å²) in [5, 5.41) is 6.75. The number of aromatic nitrogens is 2. The summed E-state index contributed by atoms with van der Waals surface area (Å²) in [6, 6.07) is 13.6. The zero-order valence-electron chi connectivity index (χ0n) is 15.2. The van der Waals surface area contributed by atoms with E-state index in [0.29, 0.717) is 21.4 Å². The Hall–Kier alpha value is -3.00. The predicted octanol–water partition coefficient (Wildman–Crippen LogP) is 4.19. The van der Waals surface area contributed by atoms with Crippen LogP contribution in [-0.2, 0) is 9.53 Å². The molecule has 0 aliphatic heterocycles. The summed E-state index contributed by atoms with van der Waals surface area (Å²) in [5.41, 5.74) is 2.21. The molecule has 0 unspecified atom stereocenters. The van der Waals surface area contributed by atoms with Crippen molar-refractivity contribution < 1.29 is 18.7 Å². The summed E-state index contributed by atoms with van der Waals surface area (Å²) in [4.78, 5) is 24.5. The first-order chi connectivity index (χ1) is 13.4. The second-order valence-electron chi connectivity index (χ2n) is 6.04. The first-order valence-corrected chi connectivity index (χ1v) is 9.20. The summed E-state index contributed by atoms with van der Waals surface area (Å²) in [6.07, 6.45) is 0. The minimum absolute atomic E-state index is 0.00788. The van der Waals surface area contributed by atoms with Crippen LogP contribution < -0.4 is 5.32 Å². The number of carbonyl (C=O) groups excluding carboxylic acids is 2. The van der Waals surface area contributed by atoms with Crippen molar-refractivity contribution in [1.29, 1.82) is 0 Å². The second kappa shape index (κ2) is 8.35. The summed E-state index contributed by atoms with van der Waals surface area (Å²) in [5.74, 6) is -1.89. The van der Waals surface area contributed by atoms with Gasteiger partial charge in [0, 0.05) is 4.47 Å². The monoisotopic (exact) mass is 445 g/mol. The van der Waals surface area contributed by atoms with Crippen LogP contribution in [0, 0.1) is 19.7 Å². The number of nitrogens with zero attached hydrogens (tertiary/aromatic N) is 2. The van der Waals surface area contributed by atoms with Crippen molar-refractivity contribution in [3.05, 3.63) is 75.8 Å². The SMILES string of the molecule is Cc1nn(-c2ccccc2)c(C)c1C(=O)OCC(=O)Nc1ccc(Br)cc1F. The molecule has 0 spiro atoms. The van der Waals surface area contributed by atoms with Crippen LogP contribution in [0.25, 0.3) is 5.69 Å². The van der Waals surface area contributed by atoms with E-state index < -0.39 is 24.3 Å². The fraction of sp³-hybridized carbons (Fsp3) is 0.150. The quantitative estimate of drug-likeness (QED) is 0.597. The third-order valence-corrected chi connectivity index (χ3v) is 4.53. The average Bonchev–Trinajstić information content (AvgIpc) is 2.97. The molecule has 3 rings (SSSR count). The Labute approximate surface area is 169 Å². The van der Waals surface area contributed by atoms with Gasteiger partial charge >= 0.3 is 5.97 Å². The number of nitrogens with one attached hydrogen (secondary N) is 1. The Morgan fingerprint density at radius 3 is 2.57 bits per heavy atom. The van der Waals surface area contributed by atoms with Crippen molar-refractivity contribution >= 4 is 33.5 Å². The first-order valence-electron chi connectivity index (χ1n) is 8.40. The molecule has 0 bridgehead atoms. The van der Waals surface area contributed by atoms with E-state index in [4.69, 9.17) is 4.74 Å². The van der Waals surface area contributed by atoms with E-state index in [0.717, 1.165) is 5.69 Å². The first kappa shape index (κ1) is 19.8. The van der Waals surface area contributed by atoms with Gasteiger partial charge in [-0.1, -0.05) is 34.1 Å². The highest BCUT2D eigenvalue weighted by Crippen LogP contribution is 2.20. The highest BCUT2D eigenvalue weighted by Gasteiger charge is 2.21. The van der Waals surface area contributed by atoms with Crippen LogP contribution in [0.5, 0.6) is 0 Å². The molecule has 0 aliphatic carbocycles. The number of amides is 1. The lowest BCUT2D eigenvalue weighted by Gasteiger charge is -2.08. The molecule has 2 aromatic carbocycles. The molecule has 1 N–H and O–H groups in total. The van der Waals surface area contributed by atoms with Gasteiger partial charge in [0.2, 0.25) is 0 Å². The Bertz CT molecular complexity index is 1030. The molecule has 1 aromatic heterocycles. The van der Waals surface area contributed by atoms with Gasteiger partial charge in [0.15, 0.2) is 6.61 Å². The summed E-state index contributed by atoms with van der Waals surface area (Å²) in [6.45, 7) is 2.91. The van der Waals surface area contributed by atoms with Gasteiger partial charge < -0.3 is 10.1 Å². The fourth-order valence-corrected chi connectivity index (χ4v) is 3.07. The maximum absolute atomic E-state index is 13.8. The van der Waals surface area contributed by atoms with Gasteiger partial charge in [-0.25, -0.2) is 13.9 Å². The van der Waals surface area contributed by atoms with Gasteiger partial charge in [-0.15, -0.1) is 0 Å². The summed E-state index contributed by atoms with van der Waals surface area (Å²) in [7, 11) is 0. The third kappa shape index (κ3) is 4.28. The zero-order chi connectivity index (χ0) is 20.3. The molecular formula is C20H17BrFN3O3. The Balaban J connectivity index is 1.68. The molecule has 0 aliphatic rings. The van der Waals surface area contributed by atoms with Crippen LogP contribution >= 0.6 is 15.9 Å². The van der Waals surface area contributed by atoms with Crippen molar-refractivity contribution in [1.82, 2.24) is 9.78 Å². The highest BCUT2D eigenvalue weighted by atomic mass is 79.9. The molecule has 1 heterocycles. The Morgan fingerprint density at radius 2 is 1.89 bits per heavy atom. The van der Waals surface area contributed by atoms with Crippen molar-refractivity contribution in [3.63, 3.8) is 0 Å². The van der Waals surface area contributed by atoms with Crippen LogP contribution in [-0.4, -0.2) is 28.3 Å². The summed E-state index contributed by atoms with van der Waals surface area (Å²) >= 11 is 3.14. The third-order valence-electron chi connectivity index (χ3n) is 4.04. The highest BCUT2D eigenvalue weighted by molar-refractivity contribution is 9.10. The molecule has 0 radical (unpaired) electrons. The topological polar surface area (TPSA) is 73.2 Å². The molecule has 0 saturated carbocycles. The second-order valence-corrected chi connectivity index (χ2v) is 6.96. The molecule has 0 fully saturated rings. The smallest absolute Gasteiger partial charge is 0.342 e.